The van der Waals surface area contributed by atoms with Gasteiger partial charge in [0.1, 0.15) is 11.5 Å². The predicted molar refractivity (Wildman–Crippen MR) is 300 cm³/mol. The molecule has 0 aliphatic rings. The van der Waals surface area contributed by atoms with E-state index in [9.17, 15) is 86.2 Å². The summed E-state index contributed by atoms with van der Waals surface area (Å²) in [4.78, 5) is 68.3. The van der Waals surface area contributed by atoms with Crippen LogP contribution in [0.5, 0.6) is 23.0 Å². The van der Waals surface area contributed by atoms with Gasteiger partial charge in [-0.3, -0.25) is 59.2 Å². The number of phenolic OH excluding ortho intramolecular Hbond substituents is 2. The summed E-state index contributed by atoms with van der Waals surface area (Å²) in [6.45, 7) is 10.3. The molecule has 0 aliphatic carbocycles. The summed E-state index contributed by atoms with van der Waals surface area (Å²) in [7, 11) is -7.74. The minimum atomic E-state index is -5.31. The molecule has 0 heterocycles. The number of hydrogen-bond donors (Lipinski definition) is 6. The fraction of sp³-hybridized carbons (Fsp3) is 0.200. The van der Waals surface area contributed by atoms with Gasteiger partial charge in [0.2, 0.25) is 11.5 Å². The fourth-order valence-electron chi connectivity index (χ4n) is 10.00. The van der Waals surface area contributed by atoms with Crippen LogP contribution >= 0.6 is 0 Å². The SMILES string of the molecule is COc1cc(Nc2c(C)cc(C)c(CC(=O)c3cc([N+](=O)[O-])cc([N+](=O)[O-])c3O)c2C)ccc1C(c1ccc(Nc2c(C)cc(C)c(CC(=O)c3cc([N+](=O)[O-])cc([N+](=O)[O-])c3O)c2C)cc1OC)c1ccc(S(=O)(=O)O)cc1S(=O)(=O)O. The number of ketones is 2. The second-order valence-electron chi connectivity index (χ2n) is 19.2. The molecule has 0 bridgehead atoms. The van der Waals surface area contributed by atoms with Crippen molar-refractivity contribution in [3.05, 3.63) is 204 Å². The van der Waals surface area contributed by atoms with Gasteiger partial charge >= 0.3 is 11.4 Å². The van der Waals surface area contributed by atoms with E-state index < -0.39 is 125 Å². The number of methoxy groups -OCH3 is 2. The number of aryl methyl sites for hydroxylation is 4. The molecule has 26 nitrogen and oxygen atoms in total. The molecule has 0 aliphatic heterocycles. The number of nitro groups is 4. The van der Waals surface area contributed by atoms with Crippen LogP contribution in [-0.4, -0.2) is 81.6 Å². The number of carbonyl (C=O) groups excluding carboxylic acids is 2. The highest BCUT2D eigenvalue weighted by Gasteiger charge is 2.34. The third-order valence-electron chi connectivity index (χ3n) is 14.0. The Kier molecular flexibility index (Phi) is 17.0. The van der Waals surface area contributed by atoms with Crippen molar-refractivity contribution in [1.29, 1.82) is 0 Å². The zero-order chi connectivity index (χ0) is 61.5. The molecule has 0 saturated carbocycles. The zero-order valence-electron chi connectivity index (χ0n) is 45.1. The molecule has 0 fully saturated rings. The molecule has 0 atom stereocenters. The second-order valence-corrected chi connectivity index (χ2v) is 22.0. The predicted octanol–water partition coefficient (Wildman–Crippen LogP) is 10.6. The summed E-state index contributed by atoms with van der Waals surface area (Å²) >= 11 is 0. The molecule has 7 aromatic rings. The van der Waals surface area contributed by atoms with E-state index in [0.717, 1.165) is 24.3 Å². The van der Waals surface area contributed by atoms with Crippen molar-refractivity contribution in [2.45, 2.75) is 70.1 Å². The molecule has 0 spiro atoms. The Morgan fingerprint density at radius 3 is 1.24 bits per heavy atom. The molecule has 7 aromatic carbocycles. The van der Waals surface area contributed by atoms with Gasteiger partial charge in [-0.1, -0.05) is 30.3 Å². The van der Waals surface area contributed by atoms with Crippen LogP contribution in [0.1, 0.15) is 87.8 Å². The Bertz CT molecular complexity index is 3980. The van der Waals surface area contributed by atoms with Crippen LogP contribution in [0.3, 0.4) is 0 Å². The number of rotatable bonds is 21. The number of ether oxygens (including phenoxy) is 2. The Labute approximate surface area is 472 Å². The van der Waals surface area contributed by atoms with Crippen molar-refractivity contribution in [1.82, 2.24) is 0 Å². The van der Waals surface area contributed by atoms with E-state index in [4.69, 9.17) is 9.47 Å². The van der Waals surface area contributed by atoms with Gasteiger partial charge < -0.3 is 30.3 Å². The Morgan fingerprint density at radius 1 is 0.518 bits per heavy atom. The summed E-state index contributed by atoms with van der Waals surface area (Å²) in [5.41, 5.74) is 1.24. The summed E-state index contributed by atoms with van der Waals surface area (Å²) in [5.74, 6) is -4.97. The Hall–Kier alpha value is -9.90. The van der Waals surface area contributed by atoms with E-state index in [2.05, 4.69) is 10.6 Å². The second kappa shape index (κ2) is 23.3. The van der Waals surface area contributed by atoms with Gasteiger partial charge in [0.15, 0.2) is 11.6 Å². The highest BCUT2D eigenvalue weighted by Crippen LogP contribution is 2.47. The van der Waals surface area contributed by atoms with Crippen LogP contribution in [0.25, 0.3) is 0 Å². The van der Waals surface area contributed by atoms with Gasteiger partial charge in [0, 0.05) is 76.9 Å². The largest absolute Gasteiger partial charge is 0.502 e. The third-order valence-corrected chi connectivity index (χ3v) is 15.8. The first-order valence-corrected chi connectivity index (χ1v) is 27.2. The maximum Gasteiger partial charge on any atom is 0.318 e. The Balaban J connectivity index is 1.32. The van der Waals surface area contributed by atoms with Gasteiger partial charge in [0.25, 0.3) is 31.6 Å². The van der Waals surface area contributed by atoms with Crippen LogP contribution in [0, 0.1) is 82.0 Å². The monoisotopic (exact) mass is 1180 g/mol. The first kappa shape index (κ1) is 60.7. The minimum Gasteiger partial charge on any atom is -0.502 e. The number of benzene rings is 7. The summed E-state index contributed by atoms with van der Waals surface area (Å²) in [5, 5.41) is 74.5. The molecule has 0 unspecified atom stereocenters. The number of phenols is 2. The normalized spacial score (nSPS) is 11.5. The molecule has 28 heteroatoms. The summed E-state index contributed by atoms with van der Waals surface area (Å²) < 4.78 is 83.8. The van der Waals surface area contributed by atoms with Crippen LogP contribution in [0.4, 0.5) is 45.5 Å². The van der Waals surface area contributed by atoms with Crippen LogP contribution in [-0.2, 0) is 33.1 Å². The molecular formula is C55H50N6O20S2. The van der Waals surface area contributed by atoms with E-state index in [-0.39, 0.29) is 28.2 Å². The van der Waals surface area contributed by atoms with Gasteiger partial charge in [0.05, 0.1) is 67.0 Å². The molecular weight excluding hydrogens is 1130 g/mol. The van der Waals surface area contributed by atoms with Gasteiger partial charge in [-0.05, 0) is 116 Å². The lowest BCUT2D eigenvalue weighted by Gasteiger charge is -2.26. The number of nitro benzene ring substituents is 4. The molecule has 83 heavy (non-hydrogen) atoms. The van der Waals surface area contributed by atoms with Crippen LogP contribution in [0.2, 0.25) is 0 Å². The van der Waals surface area contributed by atoms with E-state index in [1.165, 1.54) is 38.5 Å². The van der Waals surface area contributed by atoms with Crippen molar-refractivity contribution >= 4 is 77.3 Å². The van der Waals surface area contributed by atoms with E-state index >= 15 is 0 Å². The molecule has 0 saturated heterocycles. The topological polar surface area (TPSA) is 398 Å². The average Bonchev–Trinajstić information content (AvgIpc) is 2.46. The molecule has 0 aromatic heterocycles. The lowest BCUT2D eigenvalue weighted by molar-refractivity contribution is -0.395. The molecule has 6 N–H and O–H groups in total. The van der Waals surface area contributed by atoms with Crippen LogP contribution in [0.15, 0.2) is 101 Å². The number of carbonyl (C=O) groups is 2. The Morgan fingerprint density at radius 2 is 0.904 bits per heavy atom. The zero-order valence-corrected chi connectivity index (χ0v) is 46.7. The lowest BCUT2D eigenvalue weighted by atomic mass is 9.83. The van der Waals surface area contributed by atoms with Crippen molar-refractivity contribution in [2.75, 3.05) is 24.9 Å². The van der Waals surface area contributed by atoms with Gasteiger partial charge in [-0.15, -0.1) is 0 Å². The lowest BCUT2D eigenvalue weighted by Crippen LogP contribution is -2.14. The first-order chi connectivity index (χ1) is 38.8. The summed E-state index contributed by atoms with van der Waals surface area (Å²) in [6.07, 6.45) is -0.908. The molecule has 0 amide bonds. The van der Waals surface area contributed by atoms with Crippen molar-refractivity contribution < 1.29 is 74.9 Å². The number of Topliss-reactive ketones (excluding diaryl/α,β-unsaturated/α-hetero) is 2. The molecule has 7 rings (SSSR count). The molecule has 0 radical (unpaired) electrons. The first-order valence-electron chi connectivity index (χ1n) is 24.3. The minimum absolute atomic E-state index is 0.0750. The van der Waals surface area contributed by atoms with E-state index in [0.29, 0.717) is 85.5 Å². The number of aromatic hydroxyl groups is 2. The fourth-order valence-corrected chi connectivity index (χ4v) is 11.3. The standard InChI is InChI=1S/C55H50N6O20S2/c1-26-15-28(3)52(30(5)40(26)24-46(62)42-19-34(58(66)67)21-44(54(42)64)60(70)71)56-32-9-12-37(48(17-32)80-7)51(39-14-11-36(82(74,75)76)23-50(39)83(77,78)79)38-13-10-33(18-49(38)81-8)57-53-29(4)16-27(2)41(31(53)6)25-47(63)43-20-35(59(68)69)22-45(55(43)65)61(72)73/h9-23,51,56-57,64-65H,24-25H2,1-8H3,(H,74,75,76)(H,77,78,79). The number of anilines is 4. The van der Waals surface area contributed by atoms with Crippen molar-refractivity contribution in [3.63, 3.8) is 0 Å². The van der Waals surface area contributed by atoms with Crippen molar-refractivity contribution in [3.8, 4) is 23.0 Å². The number of nitrogens with zero attached hydrogens (tertiary/aromatic N) is 4. The van der Waals surface area contributed by atoms with Gasteiger partial charge in [-0.25, -0.2) is 0 Å². The quantitative estimate of drug-likeness (QED) is 0.0128. The maximum absolute atomic E-state index is 13.7. The van der Waals surface area contributed by atoms with E-state index in [1.807, 2.05) is 0 Å². The third kappa shape index (κ3) is 12.4. The maximum atomic E-state index is 13.7. The average molecular weight is 1180 g/mol. The highest BCUT2D eigenvalue weighted by molar-refractivity contribution is 7.86. The van der Waals surface area contributed by atoms with Crippen LogP contribution < -0.4 is 20.1 Å². The van der Waals surface area contributed by atoms with Crippen molar-refractivity contribution in [2.24, 2.45) is 0 Å². The number of non-ortho nitro benzene ring substituents is 2. The molecule has 432 valence electrons. The van der Waals surface area contributed by atoms with Gasteiger partial charge in [-0.2, -0.15) is 16.8 Å². The van der Waals surface area contributed by atoms with E-state index in [1.54, 1.807) is 65.8 Å². The smallest absolute Gasteiger partial charge is 0.318 e. The highest BCUT2D eigenvalue weighted by atomic mass is 32.2. The number of nitrogens with one attached hydrogen (secondary N) is 2. The summed E-state index contributed by atoms with van der Waals surface area (Å²) in [6, 6.07) is 17.9. The number of hydrogen-bond acceptors (Lipinski definition) is 20.